The number of anilines is 1. The largest absolute Gasteiger partial charge is 0.378 e. The predicted molar refractivity (Wildman–Crippen MR) is 75.8 cm³/mol. The number of hydrogen-bond donors (Lipinski definition) is 2. The Hall–Kier alpha value is -2.15. The van der Waals surface area contributed by atoms with E-state index in [1.54, 1.807) is 0 Å². The van der Waals surface area contributed by atoms with Crippen LogP contribution in [0.15, 0.2) is 18.2 Å². The van der Waals surface area contributed by atoms with Crippen LogP contribution in [0.4, 0.5) is 11.4 Å². The van der Waals surface area contributed by atoms with E-state index in [2.05, 4.69) is 10.2 Å². The molecule has 20 heavy (non-hydrogen) atoms. The van der Waals surface area contributed by atoms with Gasteiger partial charge in [-0.2, -0.15) is 0 Å². The number of primary amides is 1. The molecule has 7 nitrogen and oxygen atoms in total. The molecule has 1 amide bonds. The van der Waals surface area contributed by atoms with Crippen LogP contribution >= 0.6 is 0 Å². The molecule has 1 heterocycles. The minimum absolute atomic E-state index is 0.0457. The molecule has 3 N–H and O–H groups in total. The summed E-state index contributed by atoms with van der Waals surface area (Å²) in [6.45, 7) is 1.65. The number of benzene rings is 1. The molecule has 0 radical (unpaired) electrons. The second-order valence-corrected chi connectivity index (χ2v) is 5.01. The summed E-state index contributed by atoms with van der Waals surface area (Å²) >= 11 is 0. The number of nitro groups is 1. The van der Waals surface area contributed by atoms with Gasteiger partial charge >= 0.3 is 0 Å². The minimum atomic E-state index is -0.596. The van der Waals surface area contributed by atoms with Crippen molar-refractivity contribution in [3.8, 4) is 0 Å². The Kier molecular flexibility index (Phi) is 4.19. The fourth-order valence-electron chi connectivity index (χ4n) is 2.46. The molecule has 0 spiro atoms. The standard InChI is InChI=1S/C13H18N4O3/c1-16-6-2-3-10(16)8-15-11-7-9(13(14)18)4-5-12(11)17(19)20/h4-5,7,10,15H,2-3,6,8H2,1H3,(H2,14,18). The van der Waals surface area contributed by atoms with Gasteiger partial charge in [-0.1, -0.05) is 0 Å². The summed E-state index contributed by atoms with van der Waals surface area (Å²) in [5, 5.41) is 14.1. The first-order valence-corrected chi connectivity index (χ1v) is 6.51. The van der Waals surface area contributed by atoms with Crippen LogP contribution in [-0.2, 0) is 0 Å². The van der Waals surface area contributed by atoms with Crippen molar-refractivity contribution in [2.24, 2.45) is 5.73 Å². The number of nitrogens with two attached hydrogens (primary N) is 1. The molecule has 1 aliphatic rings. The minimum Gasteiger partial charge on any atom is -0.378 e. The first-order chi connectivity index (χ1) is 9.49. The summed E-state index contributed by atoms with van der Waals surface area (Å²) in [5.74, 6) is -0.596. The smallest absolute Gasteiger partial charge is 0.292 e. The Balaban J connectivity index is 2.17. The van der Waals surface area contributed by atoms with Crippen molar-refractivity contribution in [1.82, 2.24) is 4.90 Å². The molecule has 1 saturated heterocycles. The zero-order chi connectivity index (χ0) is 14.7. The molecule has 1 atom stereocenters. The second kappa shape index (κ2) is 5.87. The average Bonchev–Trinajstić information content (AvgIpc) is 2.81. The Morgan fingerprint density at radius 3 is 2.90 bits per heavy atom. The fraction of sp³-hybridized carbons (Fsp3) is 0.462. The van der Waals surface area contributed by atoms with Crippen molar-refractivity contribution in [3.63, 3.8) is 0 Å². The molecule has 1 unspecified atom stereocenters. The zero-order valence-electron chi connectivity index (χ0n) is 11.3. The van der Waals surface area contributed by atoms with Crippen molar-refractivity contribution in [1.29, 1.82) is 0 Å². The highest BCUT2D eigenvalue weighted by molar-refractivity contribution is 5.94. The Morgan fingerprint density at radius 2 is 2.35 bits per heavy atom. The maximum absolute atomic E-state index is 11.2. The van der Waals surface area contributed by atoms with Gasteiger partial charge in [0.15, 0.2) is 0 Å². The van der Waals surface area contributed by atoms with Crippen LogP contribution in [0.25, 0.3) is 0 Å². The number of nitrogens with zero attached hydrogens (tertiary/aromatic N) is 2. The lowest BCUT2D eigenvalue weighted by Crippen LogP contribution is -2.31. The van der Waals surface area contributed by atoms with Gasteiger partial charge in [-0.05, 0) is 38.6 Å². The number of amides is 1. The average molecular weight is 278 g/mol. The van der Waals surface area contributed by atoms with Crippen LogP contribution in [0.2, 0.25) is 0 Å². The van der Waals surface area contributed by atoms with Crippen molar-refractivity contribution in [2.75, 3.05) is 25.5 Å². The molecular weight excluding hydrogens is 260 g/mol. The summed E-state index contributed by atoms with van der Waals surface area (Å²) in [6.07, 6.45) is 2.19. The number of nitrogens with one attached hydrogen (secondary N) is 1. The number of rotatable bonds is 5. The van der Waals surface area contributed by atoms with E-state index >= 15 is 0 Å². The number of likely N-dealkylation sites (tertiary alicyclic amines) is 1. The third-order valence-electron chi connectivity index (χ3n) is 3.68. The first-order valence-electron chi connectivity index (χ1n) is 6.51. The van der Waals surface area contributed by atoms with E-state index in [1.165, 1.54) is 18.2 Å². The monoisotopic (exact) mass is 278 g/mol. The highest BCUT2D eigenvalue weighted by Gasteiger charge is 2.22. The molecule has 108 valence electrons. The van der Waals surface area contributed by atoms with Gasteiger partial charge in [0.25, 0.3) is 5.69 Å². The summed E-state index contributed by atoms with van der Waals surface area (Å²) < 4.78 is 0. The van der Waals surface area contributed by atoms with Gasteiger partial charge in [-0.15, -0.1) is 0 Å². The lowest BCUT2D eigenvalue weighted by Gasteiger charge is -2.20. The van der Waals surface area contributed by atoms with E-state index in [0.717, 1.165) is 19.4 Å². The molecule has 1 aliphatic heterocycles. The first kappa shape index (κ1) is 14.3. The molecule has 2 rings (SSSR count). The predicted octanol–water partition coefficient (Wildman–Crippen LogP) is 1.20. The van der Waals surface area contributed by atoms with E-state index in [4.69, 9.17) is 5.73 Å². The van der Waals surface area contributed by atoms with E-state index in [9.17, 15) is 14.9 Å². The van der Waals surface area contributed by atoms with Crippen LogP contribution in [0.3, 0.4) is 0 Å². The number of likely N-dealkylation sites (N-methyl/N-ethyl adjacent to an activating group) is 1. The van der Waals surface area contributed by atoms with Gasteiger partial charge in [0, 0.05) is 24.2 Å². The van der Waals surface area contributed by atoms with Crippen LogP contribution in [-0.4, -0.2) is 41.9 Å². The molecule has 0 aliphatic carbocycles. The van der Waals surface area contributed by atoms with Gasteiger partial charge in [0.1, 0.15) is 5.69 Å². The molecular formula is C13H18N4O3. The quantitative estimate of drug-likeness (QED) is 0.622. The third-order valence-corrected chi connectivity index (χ3v) is 3.68. The van der Waals surface area contributed by atoms with Crippen LogP contribution in [0.5, 0.6) is 0 Å². The van der Waals surface area contributed by atoms with Gasteiger partial charge in [-0.3, -0.25) is 14.9 Å². The SMILES string of the molecule is CN1CCCC1CNc1cc(C(N)=O)ccc1[N+](=O)[O-]. The van der Waals surface area contributed by atoms with Gasteiger partial charge in [-0.25, -0.2) is 0 Å². The summed E-state index contributed by atoms with van der Waals surface area (Å²) in [4.78, 5) is 23.9. The van der Waals surface area contributed by atoms with Gasteiger partial charge < -0.3 is 16.0 Å². The molecule has 1 aromatic rings. The van der Waals surface area contributed by atoms with Gasteiger partial charge in [0.05, 0.1) is 4.92 Å². The van der Waals surface area contributed by atoms with Crippen LogP contribution in [0, 0.1) is 10.1 Å². The summed E-state index contributed by atoms with van der Waals surface area (Å²) in [7, 11) is 2.04. The topological polar surface area (TPSA) is 102 Å². The van der Waals surface area contributed by atoms with Crippen LogP contribution < -0.4 is 11.1 Å². The highest BCUT2D eigenvalue weighted by Crippen LogP contribution is 2.26. The maximum atomic E-state index is 11.2. The Bertz CT molecular complexity index is 532. The molecule has 1 fully saturated rings. The highest BCUT2D eigenvalue weighted by atomic mass is 16.6. The molecule has 0 bridgehead atoms. The van der Waals surface area contributed by atoms with Crippen molar-refractivity contribution in [3.05, 3.63) is 33.9 Å². The molecule has 7 heteroatoms. The van der Waals surface area contributed by atoms with Crippen molar-refractivity contribution >= 4 is 17.3 Å². The third kappa shape index (κ3) is 3.05. The normalized spacial score (nSPS) is 18.9. The number of carbonyl (C=O) groups is 1. The van der Waals surface area contributed by atoms with E-state index < -0.39 is 10.8 Å². The van der Waals surface area contributed by atoms with Crippen LogP contribution in [0.1, 0.15) is 23.2 Å². The number of nitro benzene ring substituents is 1. The Labute approximate surface area is 116 Å². The zero-order valence-corrected chi connectivity index (χ0v) is 11.3. The van der Waals surface area contributed by atoms with Crippen molar-refractivity contribution in [2.45, 2.75) is 18.9 Å². The van der Waals surface area contributed by atoms with E-state index in [-0.39, 0.29) is 11.3 Å². The molecule has 1 aromatic carbocycles. The molecule has 0 saturated carbocycles. The lowest BCUT2D eigenvalue weighted by atomic mass is 10.1. The summed E-state index contributed by atoms with van der Waals surface area (Å²) in [6, 6.07) is 4.47. The lowest BCUT2D eigenvalue weighted by molar-refractivity contribution is -0.384. The molecule has 0 aromatic heterocycles. The summed E-state index contributed by atoms with van der Waals surface area (Å²) in [5.41, 5.74) is 5.76. The number of hydrogen-bond acceptors (Lipinski definition) is 5. The fourth-order valence-corrected chi connectivity index (χ4v) is 2.46. The number of carbonyl (C=O) groups excluding carboxylic acids is 1. The van der Waals surface area contributed by atoms with E-state index in [0.29, 0.717) is 18.3 Å². The Morgan fingerprint density at radius 1 is 1.60 bits per heavy atom. The van der Waals surface area contributed by atoms with Crippen molar-refractivity contribution < 1.29 is 9.72 Å². The van der Waals surface area contributed by atoms with Gasteiger partial charge in [0.2, 0.25) is 5.91 Å². The maximum Gasteiger partial charge on any atom is 0.292 e. The second-order valence-electron chi connectivity index (χ2n) is 5.01. The van der Waals surface area contributed by atoms with E-state index in [1.807, 2.05) is 7.05 Å².